The number of nitrogens with zero attached hydrogens (tertiary/aromatic N) is 1. The number of rotatable bonds is 2. The van der Waals surface area contributed by atoms with Gasteiger partial charge in [0.1, 0.15) is 0 Å². The van der Waals surface area contributed by atoms with E-state index < -0.39 is 0 Å². The van der Waals surface area contributed by atoms with Crippen LogP contribution in [0, 0.1) is 0 Å². The summed E-state index contributed by atoms with van der Waals surface area (Å²) in [5.74, 6) is 0. The number of aliphatic hydroxyl groups is 1. The van der Waals surface area contributed by atoms with E-state index in [9.17, 15) is 5.11 Å². The minimum Gasteiger partial charge on any atom is -0.394 e. The zero-order valence-corrected chi connectivity index (χ0v) is 8.58. The lowest BCUT2D eigenvalue weighted by molar-refractivity contribution is -0.0310. The Morgan fingerprint density at radius 3 is 2.62 bits per heavy atom. The molecule has 3 saturated heterocycles. The SMILES string of the molecule is CC(C)(CO)N1C[C@H]2CC[C@@H]1CN2. The maximum atomic E-state index is 9.31. The average Bonchev–Trinajstić information content (AvgIpc) is 2.19. The molecule has 0 aromatic heterocycles. The van der Waals surface area contributed by atoms with Crippen LogP contribution in [-0.2, 0) is 0 Å². The molecule has 76 valence electrons. The van der Waals surface area contributed by atoms with Crippen molar-refractivity contribution in [1.82, 2.24) is 10.2 Å². The lowest BCUT2D eigenvalue weighted by Crippen LogP contribution is -2.67. The van der Waals surface area contributed by atoms with Crippen molar-refractivity contribution in [2.45, 2.75) is 44.3 Å². The summed E-state index contributed by atoms with van der Waals surface area (Å²) in [6.07, 6.45) is 2.60. The molecule has 0 unspecified atom stereocenters. The van der Waals surface area contributed by atoms with Gasteiger partial charge in [0.2, 0.25) is 0 Å². The monoisotopic (exact) mass is 184 g/mol. The molecule has 0 aromatic carbocycles. The van der Waals surface area contributed by atoms with Crippen molar-refractivity contribution >= 4 is 0 Å². The largest absolute Gasteiger partial charge is 0.394 e. The maximum Gasteiger partial charge on any atom is 0.0610 e. The van der Waals surface area contributed by atoms with Gasteiger partial charge in [-0.25, -0.2) is 0 Å². The van der Waals surface area contributed by atoms with Crippen LogP contribution in [0.3, 0.4) is 0 Å². The first-order valence-corrected chi connectivity index (χ1v) is 5.24. The van der Waals surface area contributed by atoms with E-state index in [1.54, 1.807) is 0 Å². The van der Waals surface area contributed by atoms with E-state index in [0.717, 1.165) is 13.1 Å². The molecule has 3 heterocycles. The maximum absolute atomic E-state index is 9.31. The van der Waals surface area contributed by atoms with Gasteiger partial charge in [-0.1, -0.05) is 0 Å². The molecule has 2 bridgehead atoms. The number of piperidine rings is 2. The second-order valence-electron chi connectivity index (χ2n) is 4.96. The summed E-state index contributed by atoms with van der Waals surface area (Å²) in [5, 5.41) is 12.8. The van der Waals surface area contributed by atoms with Crippen LogP contribution in [-0.4, -0.2) is 47.3 Å². The zero-order valence-electron chi connectivity index (χ0n) is 8.58. The van der Waals surface area contributed by atoms with E-state index in [4.69, 9.17) is 0 Å². The summed E-state index contributed by atoms with van der Waals surface area (Å²) in [4.78, 5) is 2.47. The molecule has 0 radical (unpaired) electrons. The van der Waals surface area contributed by atoms with E-state index in [0.29, 0.717) is 12.1 Å². The molecule has 0 amide bonds. The van der Waals surface area contributed by atoms with Crippen molar-refractivity contribution in [3.63, 3.8) is 0 Å². The van der Waals surface area contributed by atoms with Crippen LogP contribution in [0.1, 0.15) is 26.7 Å². The van der Waals surface area contributed by atoms with Gasteiger partial charge in [-0.2, -0.15) is 0 Å². The quantitative estimate of drug-likeness (QED) is 0.643. The van der Waals surface area contributed by atoms with Crippen LogP contribution in [0.5, 0.6) is 0 Å². The summed E-state index contributed by atoms with van der Waals surface area (Å²) < 4.78 is 0. The summed E-state index contributed by atoms with van der Waals surface area (Å²) in [7, 11) is 0. The van der Waals surface area contributed by atoms with Gasteiger partial charge in [-0.3, -0.25) is 4.90 Å². The summed E-state index contributed by atoms with van der Waals surface area (Å²) in [6.45, 7) is 6.74. The Morgan fingerprint density at radius 2 is 2.23 bits per heavy atom. The summed E-state index contributed by atoms with van der Waals surface area (Å²) in [5.41, 5.74) is -0.0363. The minimum absolute atomic E-state index is 0.0363. The summed E-state index contributed by atoms with van der Waals surface area (Å²) >= 11 is 0. The Labute approximate surface area is 80.1 Å². The van der Waals surface area contributed by atoms with Gasteiger partial charge in [0.05, 0.1) is 6.61 Å². The van der Waals surface area contributed by atoms with Crippen LogP contribution in [0.25, 0.3) is 0 Å². The van der Waals surface area contributed by atoms with Crippen LogP contribution in [0.2, 0.25) is 0 Å². The van der Waals surface area contributed by atoms with Crippen LogP contribution < -0.4 is 5.32 Å². The molecule has 3 aliphatic heterocycles. The highest BCUT2D eigenvalue weighted by Gasteiger charge is 2.40. The minimum atomic E-state index is -0.0363. The summed E-state index contributed by atoms with van der Waals surface area (Å²) in [6, 6.07) is 1.31. The van der Waals surface area contributed by atoms with Crippen molar-refractivity contribution in [3.8, 4) is 0 Å². The third kappa shape index (κ3) is 1.60. The van der Waals surface area contributed by atoms with Crippen molar-refractivity contribution in [1.29, 1.82) is 0 Å². The van der Waals surface area contributed by atoms with Gasteiger partial charge >= 0.3 is 0 Å². The van der Waals surface area contributed by atoms with Gasteiger partial charge in [-0.15, -0.1) is 0 Å². The molecular formula is C10H20N2O. The zero-order chi connectivity index (χ0) is 9.47. The van der Waals surface area contributed by atoms with E-state index in [1.165, 1.54) is 12.8 Å². The molecule has 0 aliphatic carbocycles. The molecule has 0 spiro atoms. The fourth-order valence-corrected chi connectivity index (χ4v) is 2.54. The third-order valence-corrected chi connectivity index (χ3v) is 3.51. The van der Waals surface area contributed by atoms with Crippen molar-refractivity contribution in [2.24, 2.45) is 0 Å². The van der Waals surface area contributed by atoms with E-state index >= 15 is 0 Å². The second-order valence-corrected chi connectivity index (χ2v) is 4.96. The molecule has 3 fully saturated rings. The topological polar surface area (TPSA) is 35.5 Å². The molecule has 0 aromatic rings. The Kier molecular flexibility index (Phi) is 2.34. The Hall–Kier alpha value is -0.120. The number of nitrogens with one attached hydrogen (secondary N) is 1. The fraction of sp³-hybridized carbons (Fsp3) is 1.00. The number of hydrogen-bond acceptors (Lipinski definition) is 3. The first-order chi connectivity index (χ1) is 6.13. The third-order valence-electron chi connectivity index (χ3n) is 3.51. The lowest BCUT2D eigenvalue weighted by atomic mass is 9.88. The van der Waals surface area contributed by atoms with Gasteiger partial charge < -0.3 is 10.4 Å². The predicted octanol–water partition coefficient (Wildman–Crippen LogP) is 0.193. The van der Waals surface area contributed by atoms with Gasteiger partial charge in [0, 0.05) is 30.7 Å². The van der Waals surface area contributed by atoms with Crippen LogP contribution in [0.15, 0.2) is 0 Å². The Morgan fingerprint density at radius 1 is 1.46 bits per heavy atom. The first kappa shape index (κ1) is 9.44. The van der Waals surface area contributed by atoms with Crippen molar-refractivity contribution < 1.29 is 5.11 Å². The number of hydrogen-bond donors (Lipinski definition) is 2. The smallest absolute Gasteiger partial charge is 0.0610 e. The first-order valence-electron chi connectivity index (χ1n) is 5.24. The normalized spacial score (nSPS) is 35.3. The predicted molar refractivity (Wildman–Crippen MR) is 52.7 cm³/mol. The highest BCUT2D eigenvalue weighted by Crippen LogP contribution is 2.28. The molecule has 3 nitrogen and oxygen atoms in total. The Balaban J connectivity index is 2.08. The lowest BCUT2D eigenvalue weighted by Gasteiger charge is -2.52. The highest BCUT2D eigenvalue weighted by molar-refractivity contribution is 4.98. The van der Waals surface area contributed by atoms with Crippen LogP contribution in [0.4, 0.5) is 0 Å². The van der Waals surface area contributed by atoms with Gasteiger partial charge in [0.25, 0.3) is 0 Å². The molecule has 2 atom stereocenters. The molecule has 13 heavy (non-hydrogen) atoms. The highest BCUT2D eigenvalue weighted by atomic mass is 16.3. The number of piperazine rings is 1. The molecule has 0 saturated carbocycles. The van der Waals surface area contributed by atoms with E-state index in [-0.39, 0.29) is 12.1 Å². The average molecular weight is 184 g/mol. The molecular weight excluding hydrogens is 164 g/mol. The van der Waals surface area contributed by atoms with Crippen molar-refractivity contribution in [2.75, 3.05) is 19.7 Å². The molecule has 3 heteroatoms. The van der Waals surface area contributed by atoms with E-state index in [1.807, 2.05) is 0 Å². The Bertz CT molecular complexity index is 185. The number of aliphatic hydroxyl groups excluding tert-OH is 1. The fourth-order valence-electron chi connectivity index (χ4n) is 2.54. The standard InChI is InChI=1S/C10H20N2O/c1-10(2,7-13)12-6-8-3-4-9(12)5-11-8/h8-9,11,13H,3-7H2,1-2H3/t8-,9-/m1/s1. The second kappa shape index (κ2) is 3.23. The van der Waals surface area contributed by atoms with Gasteiger partial charge in [-0.05, 0) is 26.7 Å². The molecule has 3 aliphatic rings. The van der Waals surface area contributed by atoms with E-state index in [2.05, 4.69) is 24.1 Å². The molecule has 2 N–H and O–H groups in total. The van der Waals surface area contributed by atoms with Crippen molar-refractivity contribution in [3.05, 3.63) is 0 Å². The number of fused-ring (bicyclic) bond motifs is 3. The van der Waals surface area contributed by atoms with Gasteiger partial charge in [0.15, 0.2) is 0 Å². The molecule has 3 rings (SSSR count). The van der Waals surface area contributed by atoms with Crippen LogP contribution >= 0.6 is 0 Å².